The molecular formula is C18H27N5O. The molecule has 1 amide bonds. The Labute approximate surface area is 143 Å². The van der Waals surface area contributed by atoms with Crippen LogP contribution in [0.1, 0.15) is 55.7 Å². The Morgan fingerprint density at radius 3 is 2.79 bits per heavy atom. The summed E-state index contributed by atoms with van der Waals surface area (Å²) >= 11 is 0. The van der Waals surface area contributed by atoms with Crippen molar-refractivity contribution in [3.63, 3.8) is 0 Å². The summed E-state index contributed by atoms with van der Waals surface area (Å²) in [6, 6.07) is 2.20. The van der Waals surface area contributed by atoms with E-state index in [1.807, 2.05) is 29.5 Å². The molecule has 0 radical (unpaired) electrons. The topological polar surface area (TPSA) is 77.0 Å². The number of aryl methyl sites for hydroxylation is 1. The molecule has 0 aliphatic carbocycles. The number of fused-ring (bicyclic) bond motifs is 1. The summed E-state index contributed by atoms with van der Waals surface area (Å²) in [5.41, 5.74) is 8.39. The average Bonchev–Trinajstić information content (AvgIpc) is 2.97. The van der Waals surface area contributed by atoms with Gasteiger partial charge in [0.15, 0.2) is 5.65 Å². The fraction of sp³-hybridized carbons (Fsp3) is 0.611. The molecule has 2 N–H and O–H groups in total. The smallest absolute Gasteiger partial charge is 0.254 e. The minimum absolute atomic E-state index is 0.0687. The van der Waals surface area contributed by atoms with E-state index in [1.165, 1.54) is 0 Å². The lowest BCUT2D eigenvalue weighted by atomic mass is 9.91. The van der Waals surface area contributed by atoms with Crippen molar-refractivity contribution in [2.45, 2.75) is 52.6 Å². The van der Waals surface area contributed by atoms with Crippen LogP contribution in [0.2, 0.25) is 0 Å². The van der Waals surface area contributed by atoms with Crippen LogP contribution in [0.25, 0.3) is 11.0 Å². The molecule has 130 valence electrons. The van der Waals surface area contributed by atoms with Gasteiger partial charge in [0.1, 0.15) is 0 Å². The Hall–Kier alpha value is -1.95. The molecule has 3 rings (SSSR count). The number of rotatable bonds is 3. The van der Waals surface area contributed by atoms with E-state index in [0.29, 0.717) is 11.5 Å². The van der Waals surface area contributed by atoms with Crippen molar-refractivity contribution in [3.8, 4) is 0 Å². The third-order valence-corrected chi connectivity index (χ3v) is 4.90. The molecule has 6 nitrogen and oxygen atoms in total. The van der Waals surface area contributed by atoms with E-state index in [2.05, 4.69) is 23.9 Å². The van der Waals surface area contributed by atoms with Gasteiger partial charge in [0.05, 0.1) is 17.1 Å². The number of pyridine rings is 1. The van der Waals surface area contributed by atoms with E-state index in [1.54, 1.807) is 6.20 Å². The number of amides is 1. The quantitative estimate of drug-likeness (QED) is 0.938. The van der Waals surface area contributed by atoms with Crippen LogP contribution in [0.4, 0.5) is 0 Å². The van der Waals surface area contributed by atoms with Gasteiger partial charge in [-0.05, 0) is 52.5 Å². The van der Waals surface area contributed by atoms with Crippen LogP contribution in [-0.2, 0) is 0 Å². The zero-order valence-corrected chi connectivity index (χ0v) is 15.0. The third-order valence-electron chi connectivity index (χ3n) is 4.90. The molecule has 0 aromatic carbocycles. The normalized spacial score (nSPS) is 19.9. The highest BCUT2D eigenvalue weighted by atomic mass is 16.2. The lowest BCUT2D eigenvalue weighted by Crippen LogP contribution is -2.45. The van der Waals surface area contributed by atoms with Crippen molar-refractivity contribution in [3.05, 3.63) is 23.5 Å². The van der Waals surface area contributed by atoms with Gasteiger partial charge in [-0.25, -0.2) is 9.67 Å². The number of likely N-dealkylation sites (tertiary alicyclic amines) is 1. The predicted octanol–water partition coefficient (Wildman–Crippen LogP) is 2.52. The van der Waals surface area contributed by atoms with Gasteiger partial charge in [0.2, 0.25) is 0 Å². The van der Waals surface area contributed by atoms with Gasteiger partial charge in [0, 0.05) is 30.9 Å². The molecule has 1 aliphatic heterocycles. The van der Waals surface area contributed by atoms with Crippen LogP contribution in [0, 0.1) is 12.8 Å². The number of carbonyl (C=O) groups is 1. The fourth-order valence-electron chi connectivity index (χ4n) is 3.49. The van der Waals surface area contributed by atoms with Crippen molar-refractivity contribution in [1.82, 2.24) is 19.7 Å². The SMILES string of the molecule is Cc1cc(C(=O)N2CCC[C@H]([C@H](C)N)C2)c2cnn(C(C)C)c2n1. The molecule has 0 spiro atoms. The van der Waals surface area contributed by atoms with Crippen LogP contribution >= 0.6 is 0 Å². The Balaban J connectivity index is 1.98. The number of aromatic nitrogens is 3. The maximum Gasteiger partial charge on any atom is 0.254 e. The standard InChI is InChI=1S/C18H27N5O/c1-11(2)23-17-16(9-20-23)15(8-12(3)21-17)18(24)22-7-5-6-14(10-22)13(4)19/h8-9,11,13-14H,5-7,10,19H2,1-4H3/t13-,14-/m0/s1. The molecule has 6 heteroatoms. The van der Waals surface area contributed by atoms with Crippen LogP contribution in [0.15, 0.2) is 12.3 Å². The van der Waals surface area contributed by atoms with Gasteiger partial charge in [-0.1, -0.05) is 0 Å². The number of nitrogens with two attached hydrogens (primary N) is 1. The van der Waals surface area contributed by atoms with Gasteiger partial charge in [0.25, 0.3) is 5.91 Å². The van der Waals surface area contributed by atoms with Crippen molar-refractivity contribution in [2.75, 3.05) is 13.1 Å². The fourth-order valence-corrected chi connectivity index (χ4v) is 3.49. The molecule has 1 fully saturated rings. The maximum atomic E-state index is 13.1. The maximum absolute atomic E-state index is 13.1. The molecule has 2 aromatic rings. The highest BCUT2D eigenvalue weighted by Crippen LogP contribution is 2.25. The molecule has 24 heavy (non-hydrogen) atoms. The first-order chi connectivity index (χ1) is 11.4. The summed E-state index contributed by atoms with van der Waals surface area (Å²) in [5, 5.41) is 5.27. The van der Waals surface area contributed by atoms with E-state index >= 15 is 0 Å². The second-order valence-electron chi connectivity index (χ2n) is 7.24. The number of nitrogens with zero attached hydrogens (tertiary/aromatic N) is 4. The number of hydrogen-bond acceptors (Lipinski definition) is 4. The van der Waals surface area contributed by atoms with Crippen LogP contribution < -0.4 is 5.73 Å². The number of piperidine rings is 1. The summed E-state index contributed by atoms with van der Waals surface area (Å²) in [6.45, 7) is 9.61. The number of carbonyl (C=O) groups excluding carboxylic acids is 1. The largest absolute Gasteiger partial charge is 0.338 e. The molecular weight excluding hydrogens is 302 g/mol. The second-order valence-corrected chi connectivity index (χ2v) is 7.24. The van der Waals surface area contributed by atoms with Crippen molar-refractivity contribution >= 4 is 16.9 Å². The minimum atomic E-state index is 0.0687. The second kappa shape index (κ2) is 6.51. The van der Waals surface area contributed by atoms with Crippen molar-refractivity contribution in [1.29, 1.82) is 0 Å². The van der Waals surface area contributed by atoms with Crippen molar-refractivity contribution < 1.29 is 4.79 Å². The van der Waals surface area contributed by atoms with E-state index in [0.717, 1.165) is 42.7 Å². The lowest BCUT2D eigenvalue weighted by molar-refractivity contribution is 0.0663. The van der Waals surface area contributed by atoms with Crippen LogP contribution in [0.5, 0.6) is 0 Å². The average molecular weight is 329 g/mol. The molecule has 0 unspecified atom stereocenters. The molecule has 3 heterocycles. The van der Waals surface area contributed by atoms with E-state index in [4.69, 9.17) is 5.73 Å². The molecule has 1 aliphatic rings. The molecule has 0 saturated carbocycles. The summed E-state index contributed by atoms with van der Waals surface area (Å²) < 4.78 is 1.88. The van der Waals surface area contributed by atoms with Gasteiger partial charge in [-0.3, -0.25) is 4.79 Å². The highest BCUT2D eigenvalue weighted by molar-refractivity contribution is 6.05. The van der Waals surface area contributed by atoms with Crippen molar-refractivity contribution in [2.24, 2.45) is 11.7 Å². The van der Waals surface area contributed by atoms with Gasteiger partial charge in [-0.15, -0.1) is 0 Å². The first-order valence-corrected chi connectivity index (χ1v) is 8.78. The summed E-state index contributed by atoms with van der Waals surface area (Å²) in [7, 11) is 0. The minimum Gasteiger partial charge on any atom is -0.338 e. The highest BCUT2D eigenvalue weighted by Gasteiger charge is 2.28. The zero-order valence-electron chi connectivity index (χ0n) is 15.0. The van der Waals surface area contributed by atoms with E-state index in [-0.39, 0.29) is 18.0 Å². The Morgan fingerprint density at radius 1 is 1.38 bits per heavy atom. The van der Waals surface area contributed by atoms with Gasteiger partial charge < -0.3 is 10.6 Å². The first-order valence-electron chi connectivity index (χ1n) is 8.78. The monoisotopic (exact) mass is 329 g/mol. The van der Waals surface area contributed by atoms with E-state index in [9.17, 15) is 4.79 Å². The molecule has 0 bridgehead atoms. The van der Waals surface area contributed by atoms with Gasteiger partial charge >= 0.3 is 0 Å². The third kappa shape index (κ3) is 3.02. The van der Waals surface area contributed by atoms with E-state index < -0.39 is 0 Å². The lowest BCUT2D eigenvalue weighted by Gasteiger charge is -2.34. The summed E-state index contributed by atoms with van der Waals surface area (Å²) in [5.74, 6) is 0.443. The van der Waals surface area contributed by atoms with Gasteiger partial charge in [-0.2, -0.15) is 5.10 Å². The Morgan fingerprint density at radius 2 is 2.12 bits per heavy atom. The summed E-state index contributed by atoms with van der Waals surface area (Å²) in [4.78, 5) is 19.7. The summed E-state index contributed by atoms with van der Waals surface area (Å²) in [6.07, 6.45) is 3.87. The molecule has 2 aromatic heterocycles. The Bertz CT molecular complexity index is 749. The van der Waals surface area contributed by atoms with Crippen LogP contribution in [-0.4, -0.2) is 44.7 Å². The Kier molecular flexibility index (Phi) is 4.58. The molecule has 2 atom stereocenters. The first kappa shape index (κ1) is 16.9. The zero-order chi connectivity index (χ0) is 17.4. The van der Waals surface area contributed by atoms with Crippen LogP contribution in [0.3, 0.4) is 0 Å². The molecule has 1 saturated heterocycles. The number of hydrogen-bond donors (Lipinski definition) is 1. The predicted molar refractivity (Wildman–Crippen MR) is 94.9 cm³/mol.